The summed E-state index contributed by atoms with van der Waals surface area (Å²) in [6.07, 6.45) is 0. The lowest BCUT2D eigenvalue weighted by molar-refractivity contribution is -0.140. The number of methoxy groups -OCH3 is 1. The summed E-state index contributed by atoms with van der Waals surface area (Å²) in [6.45, 7) is 11.5. The van der Waals surface area contributed by atoms with E-state index in [-0.39, 0.29) is 11.3 Å². The molecule has 1 atom stereocenters. The Morgan fingerprint density at radius 2 is 1.60 bits per heavy atom. The molecular weight excluding hydrogens is 444 g/mol. The van der Waals surface area contributed by atoms with Gasteiger partial charge in [0.2, 0.25) is 0 Å². The number of hydrogen-bond donors (Lipinski definition) is 1. The Morgan fingerprint density at radius 1 is 1.00 bits per heavy atom. The molecule has 3 rings (SSSR count). The van der Waals surface area contributed by atoms with Crippen LogP contribution in [0.4, 0.5) is 0 Å². The van der Waals surface area contributed by atoms with Gasteiger partial charge in [-0.2, -0.15) is 0 Å². The molecule has 1 heterocycles. The summed E-state index contributed by atoms with van der Waals surface area (Å²) in [4.78, 5) is 30.1. The van der Waals surface area contributed by atoms with Gasteiger partial charge in [0, 0.05) is 18.7 Å². The molecule has 0 aliphatic carbocycles. The predicted molar refractivity (Wildman–Crippen MR) is 137 cm³/mol. The molecule has 0 radical (unpaired) electrons. The highest BCUT2D eigenvalue weighted by Gasteiger charge is 2.45. The zero-order valence-corrected chi connectivity index (χ0v) is 21.3. The van der Waals surface area contributed by atoms with Gasteiger partial charge in [0.25, 0.3) is 11.7 Å². The van der Waals surface area contributed by atoms with Crippen molar-refractivity contribution in [3.8, 4) is 11.5 Å². The Bertz CT molecular complexity index is 1040. The van der Waals surface area contributed by atoms with E-state index in [2.05, 4.69) is 32.6 Å². The number of aliphatic hydroxyl groups excluding tert-OH is 1. The first-order valence-corrected chi connectivity index (χ1v) is 12.2. The zero-order chi connectivity index (χ0) is 25.5. The predicted octanol–water partition coefficient (Wildman–Crippen LogP) is 4.49. The van der Waals surface area contributed by atoms with Crippen molar-refractivity contribution in [3.05, 3.63) is 65.2 Å². The average molecular weight is 481 g/mol. The molecular formula is C28H36N2O5. The molecule has 1 aliphatic heterocycles. The van der Waals surface area contributed by atoms with Crippen LogP contribution in [0.3, 0.4) is 0 Å². The molecule has 0 bridgehead atoms. The van der Waals surface area contributed by atoms with Gasteiger partial charge in [-0.15, -0.1) is 0 Å². The maximum absolute atomic E-state index is 13.2. The number of carbonyl (C=O) groups is 2. The van der Waals surface area contributed by atoms with E-state index in [4.69, 9.17) is 9.47 Å². The third-order valence-corrected chi connectivity index (χ3v) is 6.23. The Hall–Kier alpha value is -3.32. The minimum atomic E-state index is -0.687. The number of benzene rings is 2. The number of carbonyl (C=O) groups excluding carboxylic acids is 2. The number of rotatable bonds is 11. The normalized spacial score (nSPS) is 17.5. The number of hydrogen-bond acceptors (Lipinski definition) is 6. The Kier molecular flexibility index (Phi) is 8.93. The Labute approximate surface area is 207 Å². The van der Waals surface area contributed by atoms with Crippen LogP contribution in [-0.4, -0.2) is 66.5 Å². The first-order valence-electron chi connectivity index (χ1n) is 12.2. The quantitative estimate of drug-likeness (QED) is 0.290. The number of amides is 1. The van der Waals surface area contributed by atoms with Gasteiger partial charge in [0.1, 0.15) is 17.3 Å². The molecule has 1 amide bonds. The van der Waals surface area contributed by atoms with Crippen LogP contribution in [0.5, 0.6) is 11.5 Å². The summed E-state index contributed by atoms with van der Waals surface area (Å²) in [5.41, 5.74) is 1.29. The molecule has 2 aromatic carbocycles. The van der Waals surface area contributed by atoms with Gasteiger partial charge < -0.3 is 24.4 Å². The van der Waals surface area contributed by atoms with Crippen LogP contribution in [0, 0.1) is 5.92 Å². The number of nitrogens with zero attached hydrogens (tertiary/aromatic N) is 2. The number of aliphatic hydroxyl groups is 1. The monoisotopic (exact) mass is 480 g/mol. The number of ether oxygens (including phenoxy) is 2. The summed E-state index contributed by atoms with van der Waals surface area (Å²) in [5, 5.41) is 11.2. The Balaban J connectivity index is 2.01. The summed E-state index contributed by atoms with van der Waals surface area (Å²) >= 11 is 0. The molecule has 7 heteroatoms. The number of likely N-dealkylation sites (tertiary alicyclic amines) is 1. The third kappa shape index (κ3) is 6.03. The van der Waals surface area contributed by atoms with E-state index in [9.17, 15) is 14.7 Å². The highest BCUT2D eigenvalue weighted by atomic mass is 16.5. The van der Waals surface area contributed by atoms with Gasteiger partial charge in [-0.3, -0.25) is 9.59 Å². The van der Waals surface area contributed by atoms with Crippen LogP contribution < -0.4 is 9.47 Å². The molecule has 2 aromatic rings. The molecule has 188 valence electrons. The van der Waals surface area contributed by atoms with Gasteiger partial charge in [-0.05, 0) is 61.0 Å². The number of Topliss-reactive ketones (excluding diaryl/α,β-unsaturated/α-hetero) is 1. The fourth-order valence-electron chi connectivity index (χ4n) is 4.16. The average Bonchev–Trinajstić information content (AvgIpc) is 3.13. The molecule has 0 aromatic heterocycles. The van der Waals surface area contributed by atoms with Crippen molar-refractivity contribution in [1.29, 1.82) is 0 Å². The van der Waals surface area contributed by atoms with Crippen molar-refractivity contribution in [2.45, 2.75) is 33.7 Å². The zero-order valence-electron chi connectivity index (χ0n) is 21.3. The molecule has 7 nitrogen and oxygen atoms in total. The fraction of sp³-hybridized carbons (Fsp3) is 0.429. The minimum Gasteiger partial charge on any atom is -0.507 e. The van der Waals surface area contributed by atoms with Gasteiger partial charge >= 0.3 is 0 Å². The first kappa shape index (κ1) is 26.3. The standard InChI is InChI=1S/C28H36N2O5/c1-6-29(7-2)16-17-30-25(20-8-12-22(34-5)13-9-20)24(27(32)28(30)33)26(31)21-10-14-23(15-11-21)35-18-19(3)4/h8-15,19,25,31H,6-7,16-18H2,1-5H3/b26-24-. The molecule has 1 N–H and O–H groups in total. The van der Waals surface area contributed by atoms with Crippen LogP contribution in [0.1, 0.15) is 44.9 Å². The van der Waals surface area contributed by atoms with Crippen molar-refractivity contribution in [2.75, 3.05) is 39.9 Å². The van der Waals surface area contributed by atoms with E-state index in [1.807, 2.05) is 12.1 Å². The van der Waals surface area contributed by atoms with Crippen molar-refractivity contribution >= 4 is 17.4 Å². The fourth-order valence-corrected chi connectivity index (χ4v) is 4.16. The topological polar surface area (TPSA) is 79.3 Å². The molecule has 1 aliphatic rings. The molecule has 1 unspecified atom stereocenters. The van der Waals surface area contributed by atoms with Crippen LogP contribution in [0.15, 0.2) is 54.1 Å². The van der Waals surface area contributed by atoms with Crippen LogP contribution in [0.25, 0.3) is 5.76 Å². The summed E-state index contributed by atoms with van der Waals surface area (Å²) < 4.78 is 11.0. The lowest BCUT2D eigenvalue weighted by Crippen LogP contribution is -2.38. The second-order valence-corrected chi connectivity index (χ2v) is 9.02. The summed E-state index contributed by atoms with van der Waals surface area (Å²) in [5.74, 6) is 0.275. The largest absolute Gasteiger partial charge is 0.507 e. The second-order valence-electron chi connectivity index (χ2n) is 9.02. The van der Waals surface area contributed by atoms with Crippen molar-refractivity contribution in [1.82, 2.24) is 9.80 Å². The van der Waals surface area contributed by atoms with Crippen LogP contribution >= 0.6 is 0 Å². The maximum Gasteiger partial charge on any atom is 0.295 e. The molecule has 1 saturated heterocycles. The SMILES string of the molecule is CCN(CC)CCN1C(=O)C(=O)/C(=C(\O)c2ccc(OCC(C)C)cc2)C1c1ccc(OC)cc1. The van der Waals surface area contributed by atoms with Crippen molar-refractivity contribution in [2.24, 2.45) is 5.92 Å². The van der Waals surface area contributed by atoms with E-state index in [0.717, 1.165) is 18.7 Å². The highest BCUT2D eigenvalue weighted by Crippen LogP contribution is 2.39. The van der Waals surface area contributed by atoms with E-state index in [1.54, 1.807) is 48.4 Å². The summed E-state index contributed by atoms with van der Waals surface area (Å²) in [7, 11) is 1.58. The minimum absolute atomic E-state index is 0.0931. The maximum atomic E-state index is 13.2. The van der Waals surface area contributed by atoms with E-state index >= 15 is 0 Å². The molecule has 0 saturated carbocycles. The highest BCUT2D eigenvalue weighted by molar-refractivity contribution is 6.46. The van der Waals surface area contributed by atoms with Crippen molar-refractivity contribution in [3.63, 3.8) is 0 Å². The van der Waals surface area contributed by atoms with E-state index in [1.165, 1.54) is 0 Å². The first-order chi connectivity index (χ1) is 16.8. The van der Waals surface area contributed by atoms with Crippen molar-refractivity contribution < 1.29 is 24.2 Å². The lowest BCUT2D eigenvalue weighted by Gasteiger charge is -2.28. The Morgan fingerprint density at radius 3 is 2.14 bits per heavy atom. The lowest BCUT2D eigenvalue weighted by atomic mass is 9.95. The second kappa shape index (κ2) is 11.9. The number of likely N-dealkylation sites (N-methyl/N-ethyl adjacent to an activating group) is 1. The summed E-state index contributed by atoms with van der Waals surface area (Å²) in [6, 6.07) is 13.5. The molecule has 35 heavy (non-hydrogen) atoms. The van der Waals surface area contributed by atoms with E-state index in [0.29, 0.717) is 42.7 Å². The van der Waals surface area contributed by atoms with Gasteiger partial charge in [0.15, 0.2) is 0 Å². The van der Waals surface area contributed by atoms with Gasteiger partial charge in [0.05, 0.1) is 25.3 Å². The van der Waals surface area contributed by atoms with Gasteiger partial charge in [-0.25, -0.2) is 0 Å². The molecule has 0 spiro atoms. The smallest absolute Gasteiger partial charge is 0.295 e. The third-order valence-electron chi connectivity index (χ3n) is 6.23. The van der Waals surface area contributed by atoms with Gasteiger partial charge in [-0.1, -0.05) is 39.8 Å². The van der Waals surface area contributed by atoms with E-state index < -0.39 is 17.7 Å². The number of ketones is 1. The van der Waals surface area contributed by atoms with Crippen LogP contribution in [0.2, 0.25) is 0 Å². The molecule has 1 fully saturated rings. The van der Waals surface area contributed by atoms with Crippen LogP contribution in [-0.2, 0) is 9.59 Å².